The maximum atomic E-state index is 12.5. The van der Waals surface area contributed by atoms with Crippen LogP contribution in [0.5, 0.6) is 0 Å². The predicted octanol–water partition coefficient (Wildman–Crippen LogP) is 14.3. The lowest BCUT2D eigenvalue weighted by atomic mass is 10.0. The summed E-state index contributed by atoms with van der Waals surface area (Å²) in [5.41, 5.74) is 0. The minimum atomic E-state index is -0.958. The fourth-order valence-electron chi connectivity index (χ4n) is 7.43. The average molecular weight is 774 g/mol. The molecule has 3 unspecified atom stereocenters. The zero-order chi connectivity index (χ0) is 40.1. The van der Waals surface area contributed by atoms with Crippen LogP contribution in [-0.4, -0.2) is 46.1 Å². The number of nitrogens with one attached hydrogen (secondary N) is 1. The van der Waals surface area contributed by atoms with Crippen molar-refractivity contribution in [3.05, 3.63) is 36.5 Å². The van der Waals surface area contributed by atoms with Crippen LogP contribution in [-0.2, 0) is 4.79 Å². The number of rotatable bonds is 44. The first-order valence-electron chi connectivity index (χ1n) is 24.3. The van der Waals surface area contributed by atoms with Crippen LogP contribution in [0.15, 0.2) is 36.5 Å². The van der Waals surface area contributed by atoms with E-state index in [9.17, 15) is 20.1 Å². The molecule has 0 heterocycles. The summed E-state index contributed by atoms with van der Waals surface area (Å²) in [4.78, 5) is 12.5. The second-order valence-electron chi connectivity index (χ2n) is 16.7. The third-order valence-electron chi connectivity index (χ3n) is 11.2. The molecule has 0 radical (unpaired) electrons. The second kappa shape index (κ2) is 45.3. The summed E-state index contributed by atoms with van der Waals surface area (Å²) < 4.78 is 0. The molecule has 0 bridgehead atoms. The summed E-state index contributed by atoms with van der Waals surface area (Å²) in [5.74, 6) is -0.326. The van der Waals surface area contributed by atoms with Gasteiger partial charge in [-0.1, -0.05) is 237 Å². The first-order chi connectivity index (χ1) is 27.0. The molecule has 0 fully saturated rings. The smallest absolute Gasteiger partial charge is 0.222 e. The number of carbonyl (C=O) groups is 1. The summed E-state index contributed by atoms with van der Waals surface area (Å²) in [7, 11) is 0. The van der Waals surface area contributed by atoms with Gasteiger partial charge in [-0.2, -0.15) is 0 Å². The highest BCUT2D eigenvalue weighted by molar-refractivity contribution is 5.76. The van der Waals surface area contributed by atoms with Crippen molar-refractivity contribution in [3.63, 3.8) is 0 Å². The largest absolute Gasteiger partial charge is 0.394 e. The number of unbranched alkanes of at least 4 members (excludes halogenated alkanes) is 31. The SMILES string of the molecule is CCCCCCCCCC/C=C/CC/C=C/CC/C=C/C(O)C(CO)NC(=O)CC(O)CCCCCCCCCCCCCCCCCCCCCCCC. The van der Waals surface area contributed by atoms with E-state index in [0.717, 1.165) is 38.5 Å². The Bertz CT molecular complexity index is 855. The van der Waals surface area contributed by atoms with Gasteiger partial charge in [-0.05, 0) is 44.9 Å². The molecule has 0 aromatic carbocycles. The number of aliphatic hydroxyl groups excluding tert-OH is 3. The fraction of sp³-hybridized carbons (Fsp3) is 0.860. The number of amides is 1. The van der Waals surface area contributed by atoms with E-state index in [1.165, 1.54) is 186 Å². The van der Waals surface area contributed by atoms with Gasteiger partial charge in [0.15, 0.2) is 0 Å². The molecule has 4 N–H and O–H groups in total. The van der Waals surface area contributed by atoms with Crippen LogP contribution in [0.1, 0.15) is 251 Å². The van der Waals surface area contributed by atoms with Crippen molar-refractivity contribution in [3.8, 4) is 0 Å². The molecule has 3 atom stereocenters. The number of carbonyl (C=O) groups excluding carboxylic acids is 1. The Kier molecular flexibility index (Phi) is 44.1. The van der Waals surface area contributed by atoms with E-state index in [4.69, 9.17) is 0 Å². The van der Waals surface area contributed by atoms with E-state index in [1.807, 2.05) is 6.08 Å². The summed E-state index contributed by atoms with van der Waals surface area (Å²) in [6.07, 6.45) is 57.3. The first kappa shape index (κ1) is 53.6. The monoisotopic (exact) mass is 774 g/mol. The normalized spacial score (nSPS) is 13.8. The molecule has 0 spiro atoms. The molecule has 324 valence electrons. The van der Waals surface area contributed by atoms with Gasteiger partial charge >= 0.3 is 0 Å². The van der Waals surface area contributed by atoms with Crippen molar-refractivity contribution >= 4 is 5.91 Å². The zero-order valence-electron chi connectivity index (χ0n) is 36.8. The van der Waals surface area contributed by atoms with Crippen LogP contribution >= 0.6 is 0 Å². The Morgan fingerprint density at radius 1 is 0.455 bits per heavy atom. The molecule has 0 aliphatic rings. The van der Waals surface area contributed by atoms with Crippen molar-refractivity contribution in [1.29, 1.82) is 0 Å². The van der Waals surface area contributed by atoms with E-state index in [0.29, 0.717) is 6.42 Å². The van der Waals surface area contributed by atoms with Gasteiger partial charge in [0.1, 0.15) is 0 Å². The molecular formula is C50H95NO4. The van der Waals surface area contributed by atoms with Gasteiger partial charge in [0, 0.05) is 0 Å². The molecule has 55 heavy (non-hydrogen) atoms. The number of aliphatic hydroxyl groups is 3. The van der Waals surface area contributed by atoms with Crippen molar-refractivity contribution in [2.24, 2.45) is 0 Å². The lowest BCUT2D eigenvalue weighted by Gasteiger charge is -2.21. The molecular weight excluding hydrogens is 679 g/mol. The average Bonchev–Trinajstić information content (AvgIpc) is 3.18. The van der Waals surface area contributed by atoms with Gasteiger partial charge in [0.2, 0.25) is 5.91 Å². The highest BCUT2D eigenvalue weighted by Gasteiger charge is 2.20. The van der Waals surface area contributed by atoms with Gasteiger partial charge < -0.3 is 20.6 Å². The van der Waals surface area contributed by atoms with Crippen molar-refractivity contribution < 1.29 is 20.1 Å². The highest BCUT2D eigenvalue weighted by Crippen LogP contribution is 2.16. The molecule has 5 heteroatoms. The summed E-state index contributed by atoms with van der Waals surface area (Å²) in [6, 6.07) is -0.765. The summed E-state index contributed by atoms with van der Waals surface area (Å²) in [5, 5.41) is 33.3. The van der Waals surface area contributed by atoms with Gasteiger partial charge in [0.05, 0.1) is 31.3 Å². The molecule has 0 saturated carbocycles. The van der Waals surface area contributed by atoms with E-state index in [-0.39, 0.29) is 18.9 Å². The molecule has 0 saturated heterocycles. The van der Waals surface area contributed by atoms with Crippen molar-refractivity contribution in [2.75, 3.05) is 6.61 Å². The topological polar surface area (TPSA) is 89.8 Å². The number of allylic oxidation sites excluding steroid dienone is 5. The Hall–Kier alpha value is -1.43. The second-order valence-corrected chi connectivity index (χ2v) is 16.7. The molecule has 1 amide bonds. The third kappa shape index (κ3) is 42.0. The molecule has 0 aliphatic heterocycles. The molecule has 0 aliphatic carbocycles. The lowest BCUT2D eigenvalue weighted by Crippen LogP contribution is -2.45. The minimum Gasteiger partial charge on any atom is -0.394 e. The highest BCUT2D eigenvalue weighted by atomic mass is 16.3. The van der Waals surface area contributed by atoms with Crippen LogP contribution in [0.4, 0.5) is 0 Å². The predicted molar refractivity (Wildman–Crippen MR) is 241 cm³/mol. The lowest BCUT2D eigenvalue weighted by molar-refractivity contribution is -0.124. The van der Waals surface area contributed by atoms with Gasteiger partial charge in [0.25, 0.3) is 0 Å². The van der Waals surface area contributed by atoms with Gasteiger partial charge in [-0.25, -0.2) is 0 Å². The molecule has 5 nitrogen and oxygen atoms in total. The number of hydrogen-bond donors (Lipinski definition) is 4. The zero-order valence-corrected chi connectivity index (χ0v) is 36.8. The Labute approximate surface area is 343 Å². The van der Waals surface area contributed by atoms with Crippen LogP contribution in [0.25, 0.3) is 0 Å². The first-order valence-corrected chi connectivity index (χ1v) is 24.3. The number of hydrogen-bond acceptors (Lipinski definition) is 4. The Morgan fingerprint density at radius 2 is 0.782 bits per heavy atom. The van der Waals surface area contributed by atoms with Crippen LogP contribution in [0.3, 0.4) is 0 Å². The molecule has 0 aromatic heterocycles. The molecule has 0 aromatic rings. The summed E-state index contributed by atoms with van der Waals surface area (Å²) in [6.45, 7) is 4.21. The maximum Gasteiger partial charge on any atom is 0.222 e. The van der Waals surface area contributed by atoms with Gasteiger partial charge in [-0.15, -0.1) is 0 Å². The van der Waals surface area contributed by atoms with E-state index >= 15 is 0 Å². The quantitative estimate of drug-likeness (QED) is 0.0367. The van der Waals surface area contributed by atoms with Crippen LogP contribution in [0.2, 0.25) is 0 Å². The van der Waals surface area contributed by atoms with E-state index in [2.05, 4.69) is 43.5 Å². The molecule has 0 rings (SSSR count). The van der Waals surface area contributed by atoms with Crippen molar-refractivity contribution in [1.82, 2.24) is 5.32 Å². The Balaban J connectivity index is 3.66. The maximum absolute atomic E-state index is 12.5. The van der Waals surface area contributed by atoms with Crippen LogP contribution < -0.4 is 5.32 Å². The van der Waals surface area contributed by atoms with E-state index < -0.39 is 18.2 Å². The fourth-order valence-corrected chi connectivity index (χ4v) is 7.43. The minimum absolute atomic E-state index is 0.00532. The van der Waals surface area contributed by atoms with Crippen molar-refractivity contribution in [2.45, 2.75) is 270 Å². The Morgan fingerprint density at radius 3 is 1.16 bits per heavy atom. The van der Waals surface area contributed by atoms with Crippen LogP contribution in [0, 0.1) is 0 Å². The third-order valence-corrected chi connectivity index (χ3v) is 11.2. The summed E-state index contributed by atoms with van der Waals surface area (Å²) >= 11 is 0. The van der Waals surface area contributed by atoms with E-state index in [1.54, 1.807) is 6.08 Å². The van der Waals surface area contributed by atoms with Gasteiger partial charge in [-0.3, -0.25) is 4.79 Å². The standard InChI is InChI=1S/C50H95NO4/c1-3-5-7-9-11-13-15-17-19-21-23-24-25-26-27-29-31-33-35-37-39-41-43-47(53)45-50(55)51-48(46-52)49(54)44-42-40-38-36-34-32-30-28-22-20-18-16-14-12-10-8-6-4-2/h22,28,34,36,42,44,47-49,52-54H,3-21,23-27,29-33,35,37-41,43,45-46H2,1-2H3,(H,51,55)/b28-22+,36-34+,44-42+.